The molecule has 0 fully saturated rings. The van der Waals surface area contributed by atoms with Crippen molar-refractivity contribution >= 4 is 0 Å². The van der Waals surface area contributed by atoms with Crippen LogP contribution in [0.2, 0.25) is 0 Å². The SMILES string of the molecule is CC(CNC(C)(C)C)C(C)N1CCOc2ccccc2C1. The van der Waals surface area contributed by atoms with E-state index in [1.54, 1.807) is 0 Å². The lowest BCUT2D eigenvalue weighted by molar-refractivity contribution is 0.136. The molecule has 21 heavy (non-hydrogen) atoms. The molecule has 2 rings (SSSR count). The van der Waals surface area contributed by atoms with Crippen LogP contribution in [-0.4, -0.2) is 36.2 Å². The second-order valence-corrected chi connectivity index (χ2v) is 7.28. The number of para-hydroxylation sites is 1. The monoisotopic (exact) mass is 290 g/mol. The number of fused-ring (bicyclic) bond motifs is 1. The van der Waals surface area contributed by atoms with E-state index in [0.717, 1.165) is 32.0 Å². The van der Waals surface area contributed by atoms with Crippen LogP contribution in [0.5, 0.6) is 5.75 Å². The van der Waals surface area contributed by atoms with Crippen molar-refractivity contribution in [3.8, 4) is 5.75 Å². The Balaban J connectivity index is 1.97. The normalized spacial score (nSPS) is 19.3. The summed E-state index contributed by atoms with van der Waals surface area (Å²) < 4.78 is 5.87. The quantitative estimate of drug-likeness (QED) is 0.921. The molecule has 1 heterocycles. The first-order chi connectivity index (χ1) is 9.87. The molecule has 3 nitrogen and oxygen atoms in total. The lowest BCUT2D eigenvalue weighted by Crippen LogP contribution is -2.45. The van der Waals surface area contributed by atoms with E-state index >= 15 is 0 Å². The molecule has 0 aromatic heterocycles. The number of nitrogens with zero attached hydrogens (tertiary/aromatic N) is 1. The Morgan fingerprint density at radius 3 is 2.67 bits per heavy atom. The Morgan fingerprint density at radius 1 is 1.24 bits per heavy atom. The highest BCUT2D eigenvalue weighted by Gasteiger charge is 2.24. The van der Waals surface area contributed by atoms with Gasteiger partial charge in [-0.05, 0) is 46.2 Å². The molecule has 118 valence electrons. The van der Waals surface area contributed by atoms with Crippen molar-refractivity contribution in [3.63, 3.8) is 0 Å². The van der Waals surface area contributed by atoms with Crippen molar-refractivity contribution in [3.05, 3.63) is 29.8 Å². The molecule has 3 heteroatoms. The van der Waals surface area contributed by atoms with Crippen molar-refractivity contribution in [2.24, 2.45) is 5.92 Å². The van der Waals surface area contributed by atoms with Gasteiger partial charge in [-0.25, -0.2) is 0 Å². The average Bonchev–Trinajstić information content (AvgIpc) is 2.65. The predicted octanol–water partition coefficient (Wildman–Crippen LogP) is 3.29. The predicted molar refractivity (Wildman–Crippen MR) is 88.7 cm³/mol. The Bertz CT molecular complexity index is 453. The molecule has 0 spiro atoms. The molecule has 0 amide bonds. The summed E-state index contributed by atoms with van der Waals surface area (Å²) in [7, 11) is 0. The van der Waals surface area contributed by atoms with E-state index in [0.29, 0.717) is 12.0 Å². The second-order valence-electron chi connectivity index (χ2n) is 7.28. The van der Waals surface area contributed by atoms with Crippen LogP contribution in [0, 0.1) is 5.92 Å². The van der Waals surface area contributed by atoms with E-state index in [4.69, 9.17) is 4.74 Å². The molecule has 1 aliphatic rings. The summed E-state index contributed by atoms with van der Waals surface area (Å²) in [6.45, 7) is 15.1. The van der Waals surface area contributed by atoms with E-state index in [-0.39, 0.29) is 5.54 Å². The number of hydrogen-bond donors (Lipinski definition) is 1. The molecular weight excluding hydrogens is 260 g/mol. The fourth-order valence-electron chi connectivity index (χ4n) is 2.69. The minimum absolute atomic E-state index is 0.183. The molecule has 1 aromatic rings. The smallest absolute Gasteiger partial charge is 0.123 e. The van der Waals surface area contributed by atoms with Gasteiger partial charge in [-0.2, -0.15) is 0 Å². The molecule has 2 unspecified atom stereocenters. The van der Waals surface area contributed by atoms with E-state index in [1.807, 2.05) is 6.07 Å². The maximum atomic E-state index is 5.87. The van der Waals surface area contributed by atoms with Crippen molar-refractivity contribution < 1.29 is 4.74 Å². The van der Waals surface area contributed by atoms with Gasteiger partial charge in [0.2, 0.25) is 0 Å². The van der Waals surface area contributed by atoms with Gasteiger partial charge in [-0.3, -0.25) is 4.90 Å². The van der Waals surface area contributed by atoms with Crippen LogP contribution in [-0.2, 0) is 6.54 Å². The topological polar surface area (TPSA) is 24.5 Å². The summed E-state index contributed by atoms with van der Waals surface area (Å²) >= 11 is 0. The van der Waals surface area contributed by atoms with Gasteiger partial charge >= 0.3 is 0 Å². The molecule has 1 aromatic carbocycles. The van der Waals surface area contributed by atoms with E-state index in [2.05, 4.69) is 63.0 Å². The molecule has 2 atom stereocenters. The third-order valence-electron chi connectivity index (χ3n) is 4.34. The first-order valence-electron chi connectivity index (χ1n) is 8.06. The Kier molecular flexibility index (Phi) is 5.28. The lowest BCUT2D eigenvalue weighted by Gasteiger charge is -2.33. The zero-order valence-electron chi connectivity index (χ0n) is 14.1. The van der Waals surface area contributed by atoms with E-state index < -0.39 is 0 Å². The van der Waals surface area contributed by atoms with Crippen LogP contribution >= 0.6 is 0 Å². The average molecular weight is 290 g/mol. The van der Waals surface area contributed by atoms with Gasteiger partial charge < -0.3 is 10.1 Å². The van der Waals surface area contributed by atoms with Gasteiger partial charge in [0.05, 0.1) is 0 Å². The largest absolute Gasteiger partial charge is 0.492 e. The highest BCUT2D eigenvalue weighted by atomic mass is 16.5. The van der Waals surface area contributed by atoms with Crippen LogP contribution in [0.25, 0.3) is 0 Å². The van der Waals surface area contributed by atoms with Crippen LogP contribution < -0.4 is 10.1 Å². The molecule has 0 aliphatic carbocycles. The Hall–Kier alpha value is -1.06. The van der Waals surface area contributed by atoms with E-state index in [9.17, 15) is 0 Å². The van der Waals surface area contributed by atoms with Crippen molar-refractivity contribution in [2.45, 2.75) is 52.7 Å². The first kappa shape index (κ1) is 16.3. The van der Waals surface area contributed by atoms with Gasteiger partial charge in [0, 0.05) is 30.2 Å². The maximum Gasteiger partial charge on any atom is 0.123 e. The zero-order valence-corrected chi connectivity index (χ0v) is 14.1. The number of rotatable bonds is 4. The Morgan fingerprint density at radius 2 is 1.95 bits per heavy atom. The highest BCUT2D eigenvalue weighted by molar-refractivity contribution is 5.33. The summed E-state index contributed by atoms with van der Waals surface area (Å²) in [5.74, 6) is 1.65. The number of ether oxygens (including phenoxy) is 1. The third kappa shape index (κ3) is 4.72. The first-order valence-corrected chi connectivity index (χ1v) is 8.06. The zero-order chi connectivity index (χ0) is 15.5. The Labute approximate surface area is 129 Å². The summed E-state index contributed by atoms with van der Waals surface area (Å²) in [5.41, 5.74) is 1.49. The third-order valence-corrected chi connectivity index (χ3v) is 4.34. The van der Waals surface area contributed by atoms with Crippen molar-refractivity contribution in [2.75, 3.05) is 19.7 Å². The molecule has 0 radical (unpaired) electrons. The number of nitrogens with one attached hydrogen (secondary N) is 1. The summed E-state index contributed by atoms with van der Waals surface area (Å²) in [6, 6.07) is 8.94. The molecule has 0 saturated carbocycles. The standard InChI is InChI=1S/C18H30N2O/c1-14(12-19-18(3,4)5)15(2)20-10-11-21-17-9-7-6-8-16(17)13-20/h6-9,14-15,19H,10-13H2,1-5H3. The minimum atomic E-state index is 0.183. The highest BCUT2D eigenvalue weighted by Crippen LogP contribution is 2.25. The second kappa shape index (κ2) is 6.80. The summed E-state index contributed by atoms with van der Waals surface area (Å²) in [6.07, 6.45) is 0. The fraction of sp³-hybridized carbons (Fsp3) is 0.667. The maximum absolute atomic E-state index is 5.87. The lowest BCUT2D eigenvalue weighted by atomic mass is 9.99. The summed E-state index contributed by atoms with van der Waals surface area (Å²) in [5, 5.41) is 3.62. The van der Waals surface area contributed by atoms with Crippen molar-refractivity contribution in [1.82, 2.24) is 10.2 Å². The van der Waals surface area contributed by atoms with Crippen LogP contribution in [0.15, 0.2) is 24.3 Å². The molecule has 0 bridgehead atoms. The molecule has 1 aliphatic heterocycles. The molecule has 0 saturated heterocycles. The van der Waals surface area contributed by atoms with Gasteiger partial charge in [0.1, 0.15) is 12.4 Å². The van der Waals surface area contributed by atoms with Gasteiger partial charge in [0.25, 0.3) is 0 Å². The van der Waals surface area contributed by atoms with Gasteiger partial charge in [-0.1, -0.05) is 25.1 Å². The van der Waals surface area contributed by atoms with Crippen LogP contribution in [0.4, 0.5) is 0 Å². The number of hydrogen-bond acceptors (Lipinski definition) is 3. The van der Waals surface area contributed by atoms with Crippen molar-refractivity contribution in [1.29, 1.82) is 0 Å². The molecular formula is C18H30N2O. The molecule has 1 N–H and O–H groups in total. The van der Waals surface area contributed by atoms with Crippen LogP contribution in [0.1, 0.15) is 40.2 Å². The van der Waals surface area contributed by atoms with Crippen LogP contribution in [0.3, 0.4) is 0 Å². The van der Waals surface area contributed by atoms with Gasteiger partial charge in [-0.15, -0.1) is 0 Å². The van der Waals surface area contributed by atoms with E-state index in [1.165, 1.54) is 5.56 Å². The fourth-order valence-corrected chi connectivity index (χ4v) is 2.69. The summed E-state index contributed by atoms with van der Waals surface area (Å²) in [4.78, 5) is 2.54. The van der Waals surface area contributed by atoms with Gasteiger partial charge in [0.15, 0.2) is 0 Å². The minimum Gasteiger partial charge on any atom is -0.492 e. The number of benzene rings is 1.